The monoisotopic (exact) mass is 1020 g/mol. The molecule has 7 heteroatoms. The van der Waals surface area contributed by atoms with Crippen LogP contribution in [-0.2, 0) is 6.18 Å². The zero-order valence-corrected chi connectivity index (χ0v) is 44.7. The normalized spacial score (nSPS) is 11.8. The van der Waals surface area contributed by atoms with E-state index in [2.05, 4.69) is 216 Å². The molecule has 10 aromatic carbocycles. The van der Waals surface area contributed by atoms with Gasteiger partial charge in [-0.3, -0.25) is 0 Å². The molecule has 2 aromatic heterocycles. The molecule has 12 rings (SSSR count). The summed E-state index contributed by atoms with van der Waals surface area (Å²) in [7, 11) is 0. The third-order valence-corrected chi connectivity index (χ3v) is 15.8. The number of hydrogen-bond acceptors (Lipinski definition) is 2. The third-order valence-electron chi connectivity index (χ3n) is 15.8. The summed E-state index contributed by atoms with van der Waals surface area (Å²) in [5, 5.41) is 25.7. The Bertz CT molecular complexity index is 4140. The molecule has 0 fully saturated rings. The summed E-state index contributed by atoms with van der Waals surface area (Å²) in [4.78, 5) is 0. The van der Waals surface area contributed by atoms with Crippen LogP contribution < -0.4 is 0 Å². The molecule has 0 radical (unpaired) electrons. The molecule has 78 heavy (non-hydrogen) atoms. The molecule has 378 valence electrons. The lowest BCUT2D eigenvalue weighted by molar-refractivity contribution is -0.137. The number of aromatic nitrogens is 2. The Hall–Kier alpha value is -9.43. The summed E-state index contributed by atoms with van der Waals surface area (Å²) in [6, 6.07) is 62.9. The first-order chi connectivity index (χ1) is 37.5. The number of benzene rings is 10. The van der Waals surface area contributed by atoms with E-state index in [1.165, 1.54) is 12.1 Å². The van der Waals surface area contributed by atoms with E-state index in [4.69, 9.17) is 0 Å². The molecule has 0 spiro atoms. The lowest BCUT2D eigenvalue weighted by atomic mass is 9.94. The summed E-state index contributed by atoms with van der Waals surface area (Å²) < 4.78 is 51.1. The highest BCUT2D eigenvalue weighted by Crippen LogP contribution is 2.46. The number of halogens is 3. The number of fused-ring (bicyclic) bond motifs is 6. The van der Waals surface area contributed by atoms with Crippen molar-refractivity contribution in [1.82, 2.24) is 9.13 Å². The topological polar surface area (TPSA) is 57.4 Å². The Morgan fingerprint density at radius 3 is 0.936 bits per heavy atom. The molecule has 12 aromatic rings. The lowest BCUT2D eigenvalue weighted by Gasteiger charge is -2.21. The van der Waals surface area contributed by atoms with Crippen molar-refractivity contribution in [1.29, 1.82) is 10.5 Å². The molecule has 0 saturated carbocycles. The number of nitriles is 2. The van der Waals surface area contributed by atoms with Crippen LogP contribution in [0.5, 0.6) is 0 Å². The molecule has 0 aliphatic rings. The van der Waals surface area contributed by atoms with E-state index >= 15 is 13.2 Å². The van der Waals surface area contributed by atoms with Crippen LogP contribution in [0.3, 0.4) is 0 Å². The van der Waals surface area contributed by atoms with Crippen LogP contribution in [0.15, 0.2) is 176 Å². The zero-order valence-electron chi connectivity index (χ0n) is 44.7. The number of rotatable bonds is 7. The van der Waals surface area contributed by atoms with Crippen LogP contribution in [0, 0.1) is 78.1 Å². The highest BCUT2D eigenvalue weighted by atomic mass is 19.4. The fourth-order valence-electron chi connectivity index (χ4n) is 12.1. The summed E-state index contributed by atoms with van der Waals surface area (Å²) in [6.07, 6.45) is -4.83. The molecule has 0 atom stereocenters. The van der Waals surface area contributed by atoms with Crippen molar-refractivity contribution in [2.24, 2.45) is 0 Å². The van der Waals surface area contributed by atoms with Gasteiger partial charge in [-0.1, -0.05) is 150 Å². The minimum absolute atomic E-state index is 0.110. The van der Waals surface area contributed by atoms with E-state index in [0.29, 0.717) is 11.4 Å². The Kier molecular flexibility index (Phi) is 11.8. The van der Waals surface area contributed by atoms with Crippen molar-refractivity contribution in [2.75, 3.05) is 0 Å². The van der Waals surface area contributed by atoms with Gasteiger partial charge in [0.15, 0.2) is 0 Å². The van der Waals surface area contributed by atoms with Gasteiger partial charge in [-0.15, -0.1) is 0 Å². The molecule has 0 aliphatic heterocycles. The second-order valence-corrected chi connectivity index (χ2v) is 21.2. The predicted molar refractivity (Wildman–Crippen MR) is 315 cm³/mol. The van der Waals surface area contributed by atoms with Gasteiger partial charge in [-0.25, -0.2) is 0 Å². The maximum Gasteiger partial charge on any atom is 0.417 e. The van der Waals surface area contributed by atoms with E-state index < -0.39 is 11.7 Å². The third kappa shape index (κ3) is 8.31. The Labute approximate surface area is 452 Å². The Morgan fingerprint density at radius 1 is 0.333 bits per heavy atom. The van der Waals surface area contributed by atoms with Crippen molar-refractivity contribution in [3.8, 4) is 79.1 Å². The average Bonchev–Trinajstić information content (AvgIpc) is 4.15. The van der Waals surface area contributed by atoms with Crippen LogP contribution in [0.25, 0.3) is 111 Å². The van der Waals surface area contributed by atoms with E-state index in [1.54, 1.807) is 12.1 Å². The van der Waals surface area contributed by atoms with E-state index in [0.717, 1.165) is 139 Å². The fourth-order valence-corrected chi connectivity index (χ4v) is 12.1. The fraction of sp³-hybridized carbons (Fsp3) is 0.127. The minimum atomic E-state index is -4.83. The Morgan fingerprint density at radius 2 is 0.654 bits per heavy atom. The second-order valence-electron chi connectivity index (χ2n) is 21.2. The second kappa shape index (κ2) is 18.7. The van der Waals surface area contributed by atoms with Gasteiger partial charge in [0.25, 0.3) is 0 Å². The first-order valence-corrected chi connectivity index (χ1v) is 26.2. The van der Waals surface area contributed by atoms with Gasteiger partial charge in [-0.05, 0) is 182 Å². The molecule has 0 saturated heterocycles. The molecule has 0 unspecified atom stereocenters. The summed E-state index contributed by atoms with van der Waals surface area (Å²) in [6.45, 7) is 16.7. The van der Waals surface area contributed by atoms with Crippen molar-refractivity contribution >= 4 is 43.6 Å². The maximum absolute atomic E-state index is 15.7. The Balaban J connectivity index is 1.27. The van der Waals surface area contributed by atoms with Gasteiger partial charge < -0.3 is 9.13 Å². The quantitative estimate of drug-likeness (QED) is 0.160. The molecular formula is C71H53F3N4. The number of hydrogen-bond donors (Lipinski definition) is 0. The SMILES string of the molecule is Cc1ccc(-c2ccc3c4ccc(-c5ccc(C)cc5C)cc4n(-c4cc(-c5ccc(C#N)cc5C(F)(F)F)cc(-n5c6cc(-c7ccc(C)cc7C)ccc6c6ccc(-c7ccc(C)cc7C)cc65)c4C#N)c3c2)c(C)c1. The number of aryl methyl sites for hydroxylation is 8. The van der Waals surface area contributed by atoms with Crippen LogP contribution in [0.1, 0.15) is 61.2 Å². The average molecular weight is 1020 g/mol. The van der Waals surface area contributed by atoms with Gasteiger partial charge in [0.2, 0.25) is 0 Å². The predicted octanol–water partition coefficient (Wildman–Crippen LogP) is 19.4. The largest absolute Gasteiger partial charge is 0.417 e. The van der Waals surface area contributed by atoms with Gasteiger partial charge in [0.05, 0.1) is 50.6 Å². The molecule has 2 heterocycles. The lowest BCUT2D eigenvalue weighted by Crippen LogP contribution is -2.09. The highest BCUT2D eigenvalue weighted by molar-refractivity contribution is 6.13. The van der Waals surface area contributed by atoms with Crippen LogP contribution >= 0.6 is 0 Å². The number of nitrogens with zero attached hydrogens (tertiary/aromatic N) is 4. The van der Waals surface area contributed by atoms with E-state index in [1.807, 2.05) is 6.07 Å². The molecule has 0 amide bonds. The van der Waals surface area contributed by atoms with Gasteiger partial charge in [0.1, 0.15) is 11.6 Å². The highest BCUT2D eigenvalue weighted by Gasteiger charge is 2.35. The molecular weight excluding hydrogens is 966 g/mol. The molecule has 4 nitrogen and oxygen atoms in total. The first kappa shape index (κ1) is 49.4. The van der Waals surface area contributed by atoms with E-state index in [9.17, 15) is 10.5 Å². The smallest absolute Gasteiger partial charge is 0.308 e. The van der Waals surface area contributed by atoms with Gasteiger partial charge in [-0.2, -0.15) is 23.7 Å². The van der Waals surface area contributed by atoms with Crippen molar-refractivity contribution < 1.29 is 13.2 Å². The molecule has 0 aliphatic carbocycles. The van der Waals surface area contributed by atoms with Gasteiger partial charge >= 0.3 is 6.18 Å². The van der Waals surface area contributed by atoms with Crippen LogP contribution in [-0.4, -0.2) is 9.13 Å². The van der Waals surface area contributed by atoms with E-state index in [-0.39, 0.29) is 22.3 Å². The summed E-state index contributed by atoms with van der Waals surface area (Å²) >= 11 is 0. The maximum atomic E-state index is 15.7. The zero-order chi connectivity index (χ0) is 54.5. The number of alkyl halides is 3. The van der Waals surface area contributed by atoms with Crippen LogP contribution in [0.4, 0.5) is 13.2 Å². The van der Waals surface area contributed by atoms with Crippen molar-refractivity contribution in [3.05, 3.63) is 237 Å². The van der Waals surface area contributed by atoms with Gasteiger partial charge in [0, 0.05) is 21.5 Å². The molecule has 0 N–H and O–H groups in total. The summed E-state index contributed by atoms with van der Waals surface area (Å²) in [5.41, 5.74) is 20.2. The summed E-state index contributed by atoms with van der Waals surface area (Å²) in [5.74, 6) is 0. The standard InChI is InChI=1S/C71H53F3N4/c1-40-9-18-54(44(5)27-40)49-14-23-59-60-24-15-50(55-19-10-41(2)28-45(55)6)33-66(60)77(65(59)32-49)69-36-53(58-22-13-48(38-75)31-64(58)71(72,73)74)37-70(63(69)39-76)78-67-34-51(56-20-11-42(3)29-46(56)7)16-25-61(67)62-26-17-52(35-68(62)78)57-21-12-43(4)30-47(57)8/h9-37H,1-8H3. The molecule has 0 bridgehead atoms. The first-order valence-electron chi connectivity index (χ1n) is 26.2. The van der Waals surface area contributed by atoms with Crippen molar-refractivity contribution in [3.63, 3.8) is 0 Å². The minimum Gasteiger partial charge on any atom is -0.308 e. The van der Waals surface area contributed by atoms with Crippen LogP contribution in [0.2, 0.25) is 0 Å². The van der Waals surface area contributed by atoms with Crippen molar-refractivity contribution in [2.45, 2.75) is 61.6 Å².